The quantitative estimate of drug-likeness (QED) is 0.905. The molecule has 2 aromatic carbocycles. The van der Waals surface area contributed by atoms with E-state index in [0.717, 1.165) is 22.7 Å². The van der Waals surface area contributed by atoms with Gasteiger partial charge in [0.15, 0.2) is 0 Å². The predicted molar refractivity (Wildman–Crippen MR) is 80.2 cm³/mol. The highest BCUT2D eigenvalue weighted by molar-refractivity contribution is 5.64. The van der Waals surface area contributed by atoms with E-state index >= 15 is 0 Å². The fourth-order valence-corrected chi connectivity index (χ4v) is 2.10. The highest BCUT2D eigenvalue weighted by Gasteiger charge is 2.08. The fourth-order valence-electron chi connectivity index (χ4n) is 2.10. The van der Waals surface area contributed by atoms with Gasteiger partial charge < -0.3 is 15.0 Å². The number of anilines is 2. The van der Waals surface area contributed by atoms with Crippen LogP contribution in [0.3, 0.4) is 0 Å². The van der Waals surface area contributed by atoms with Gasteiger partial charge in [0.05, 0.1) is 7.11 Å². The number of methoxy groups -OCH3 is 1. The van der Waals surface area contributed by atoms with E-state index in [-0.39, 0.29) is 5.82 Å². The zero-order valence-electron chi connectivity index (χ0n) is 12.0. The van der Waals surface area contributed by atoms with Gasteiger partial charge >= 0.3 is 0 Å². The number of nitrogens with zero attached hydrogens (tertiary/aromatic N) is 1. The van der Waals surface area contributed by atoms with Gasteiger partial charge in [-0.2, -0.15) is 0 Å². The van der Waals surface area contributed by atoms with Crippen LogP contribution in [-0.4, -0.2) is 21.2 Å². The number of nitrogens with one attached hydrogen (secondary N) is 1. The lowest BCUT2D eigenvalue weighted by molar-refractivity contribution is 0.415. The van der Waals surface area contributed by atoms with Crippen LogP contribution in [0, 0.1) is 5.82 Å². The van der Waals surface area contributed by atoms with Gasteiger partial charge in [0, 0.05) is 31.0 Å². The Kier molecular flexibility index (Phi) is 4.58. The largest absolute Gasteiger partial charge is 0.497 e. The molecule has 0 aromatic heterocycles. The van der Waals surface area contributed by atoms with Crippen molar-refractivity contribution in [1.82, 2.24) is 5.32 Å². The van der Waals surface area contributed by atoms with Crippen LogP contribution >= 0.6 is 0 Å². The van der Waals surface area contributed by atoms with Crippen molar-refractivity contribution in [3.05, 3.63) is 53.8 Å². The molecule has 0 fully saturated rings. The van der Waals surface area contributed by atoms with Crippen LogP contribution in [0.15, 0.2) is 42.5 Å². The van der Waals surface area contributed by atoms with Crippen molar-refractivity contribution < 1.29 is 9.13 Å². The molecular formula is C16H19FN2O. The molecule has 20 heavy (non-hydrogen) atoms. The molecule has 2 rings (SSSR count). The van der Waals surface area contributed by atoms with E-state index in [1.165, 1.54) is 6.07 Å². The Morgan fingerprint density at radius 2 is 1.95 bits per heavy atom. The Hall–Kier alpha value is -2.07. The lowest BCUT2D eigenvalue weighted by Gasteiger charge is -2.21. The third kappa shape index (κ3) is 3.27. The summed E-state index contributed by atoms with van der Waals surface area (Å²) in [5.41, 5.74) is 2.67. The van der Waals surface area contributed by atoms with Crippen molar-refractivity contribution in [2.45, 2.75) is 6.54 Å². The normalized spacial score (nSPS) is 10.4. The highest BCUT2D eigenvalue weighted by atomic mass is 19.1. The minimum Gasteiger partial charge on any atom is -0.497 e. The molecule has 0 heterocycles. The molecule has 0 atom stereocenters. The van der Waals surface area contributed by atoms with E-state index in [0.29, 0.717) is 6.54 Å². The number of hydrogen-bond acceptors (Lipinski definition) is 3. The first-order valence-electron chi connectivity index (χ1n) is 6.46. The SMILES string of the molecule is CNCc1cc(F)cc(N(C)c2cccc(OC)c2)c1. The summed E-state index contributed by atoms with van der Waals surface area (Å²) in [6.07, 6.45) is 0. The summed E-state index contributed by atoms with van der Waals surface area (Å²) in [6.45, 7) is 0.636. The molecule has 0 saturated heterocycles. The van der Waals surface area contributed by atoms with Crippen LogP contribution in [0.2, 0.25) is 0 Å². The van der Waals surface area contributed by atoms with Gasteiger partial charge in [-0.1, -0.05) is 6.07 Å². The summed E-state index contributed by atoms with van der Waals surface area (Å²) >= 11 is 0. The molecule has 0 radical (unpaired) electrons. The summed E-state index contributed by atoms with van der Waals surface area (Å²) in [7, 11) is 5.38. The van der Waals surface area contributed by atoms with Crippen LogP contribution in [0.4, 0.5) is 15.8 Å². The molecule has 0 saturated carbocycles. The zero-order chi connectivity index (χ0) is 14.5. The molecule has 4 heteroatoms. The van der Waals surface area contributed by atoms with E-state index in [2.05, 4.69) is 5.32 Å². The molecule has 2 aromatic rings. The average molecular weight is 274 g/mol. The number of halogens is 1. The molecule has 0 unspecified atom stereocenters. The summed E-state index contributed by atoms with van der Waals surface area (Å²) < 4.78 is 18.9. The second-order valence-electron chi connectivity index (χ2n) is 4.61. The Bertz CT molecular complexity index is 586. The molecule has 3 nitrogen and oxygen atoms in total. The van der Waals surface area contributed by atoms with E-state index in [1.807, 2.05) is 49.3 Å². The van der Waals surface area contributed by atoms with Crippen LogP contribution in [0.25, 0.3) is 0 Å². The maximum atomic E-state index is 13.7. The molecule has 1 N–H and O–H groups in total. The fraction of sp³-hybridized carbons (Fsp3) is 0.250. The Balaban J connectivity index is 2.34. The van der Waals surface area contributed by atoms with Crippen LogP contribution in [0.5, 0.6) is 5.75 Å². The first-order valence-corrected chi connectivity index (χ1v) is 6.46. The van der Waals surface area contributed by atoms with Gasteiger partial charge in [0.25, 0.3) is 0 Å². The highest BCUT2D eigenvalue weighted by Crippen LogP contribution is 2.28. The molecule has 0 amide bonds. The van der Waals surface area contributed by atoms with Crippen molar-refractivity contribution >= 4 is 11.4 Å². The number of benzene rings is 2. The molecule has 0 aliphatic carbocycles. The lowest BCUT2D eigenvalue weighted by Crippen LogP contribution is -2.12. The predicted octanol–water partition coefficient (Wildman–Crippen LogP) is 3.32. The minimum absolute atomic E-state index is 0.234. The van der Waals surface area contributed by atoms with Gasteiger partial charge in [-0.15, -0.1) is 0 Å². The van der Waals surface area contributed by atoms with Crippen LogP contribution < -0.4 is 15.0 Å². The molecule has 0 spiro atoms. The van der Waals surface area contributed by atoms with Crippen molar-refractivity contribution in [1.29, 1.82) is 0 Å². The van der Waals surface area contributed by atoms with Crippen molar-refractivity contribution in [2.75, 3.05) is 26.1 Å². The van der Waals surface area contributed by atoms with Crippen molar-refractivity contribution in [3.8, 4) is 5.75 Å². The molecular weight excluding hydrogens is 255 g/mol. The molecule has 106 valence electrons. The van der Waals surface area contributed by atoms with E-state index < -0.39 is 0 Å². The van der Waals surface area contributed by atoms with Gasteiger partial charge in [0.2, 0.25) is 0 Å². The van der Waals surface area contributed by atoms with Gasteiger partial charge in [-0.3, -0.25) is 0 Å². The summed E-state index contributed by atoms with van der Waals surface area (Å²) in [4.78, 5) is 1.94. The Labute approximate surface area is 119 Å². The van der Waals surface area contributed by atoms with E-state index in [4.69, 9.17) is 4.74 Å². The molecule has 0 bridgehead atoms. The van der Waals surface area contributed by atoms with Crippen LogP contribution in [-0.2, 0) is 6.54 Å². The number of hydrogen-bond donors (Lipinski definition) is 1. The zero-order valence-corrected chi connectivity index (χ0v) is 12.0. The smallest absolute Gasteiger partial charge is 0.125 e. The van der Waals surface area contributed by atoms with Gasteiger partial charge in [0.1, 0.15) is 11.6 Å². The Morgan fingerprint density at radius 3 is 2.65 bits per heavy atom. The third-order valence-corrected chi connectivity index (χ3v) is 3.15. The summed E-state index contributed by atoms with van der Waals surface area (Å²) in [5.74, 6) is 0.545. The van der Waals surface area contributed by atoms with E-state index in [9.17, 15) is 4.39 Å². The lowest BCUT2D eigenvalue weighted by atomic mass is 10.1. The summed E-state index contributed by atoms with van der Waals surface area (Å²) in [5, 5.41) is 3.03. The van der Waals surface area contributed by atoms with E-state index in [1.54, 1.807) is 13.2 Å². The van der Waals surface area contributed by atoms with Crippen LogP contribution in [0.1, 0.15) is 5.56 Å². The first-order chi connectivity index (χ1) is 9.63. The topological polar surface area (TPSA) is 24.5 Å². The minimum atomic E-state index is -0.234. The second-order valence-corrected chi connectivity index (χ2v) is 4.61. The van der Waals surface area contributed by atoms with Gasteiger partial charge in [-0.05, 0) is 42.9 Å². The Morgan fingerprint density at radius 1 is 1.15 bits per heavy atom. The average Bonchev–Trinajstić information content (AvgIpc) is 2.46. The van der Waals surface area contributed by atoms with Gasteiger partial charge in [-0.25, -0.2) is 4.39 Å². The number of rotatable bonds is 5. The second kappa shape index (κ2) is 6.39. The maximum absolute atomic E-state index is 13.7. The number of ether oxygens (including phenoxy) is 1. The standard InChI is InChI=1S/C16H19FN2O/c1-18-11-12-7-13(17)9-15(8-12)19(2)14-5-4-6-16(10-14)20-3/h4-10,18H,11H2,1-3H3. The van der Waals surface area contributed by atoms with Crippen molar-refractivity contribution in [3.63, 3.8) is 0 Å². The third-order valence-electron chi connectivity index (χ3n) is 3.15. The summed E-state index contributed by atoms with van der Waals surface area (Å²) in [6, 6.07) is 12.7. The monoisotopic (exact) mass is 274 g/mol. The molecule has 0 aliphatic rings. The maximum Gasteiger partial charge on any atom is 0.125 e. The first kappa shape index (κ1) is 14.3. The van der Waals surface area contributed by atoms with Crippen molar-refractivity contribution in [2.24, 2.45) is 0 Å². The molecule has 0 aliphatic heterocycles.